The van der Waals surface area contributed by atoms with E-state index in [1.54, 1.807) is 25.1 Å². The molecular weight excluding hydrogens is 312 g/mol. The first kappa shape index (κ1) is 16.2. The topological polar surface area (TPSA) is 79.3 Å². The van der Waals surface area contributed by atoms with Gasteiger partial charge in [0, 0.05) is 11.4 Å². The molecule has 0 unspecified atom stereocenters. The van der Waals surface area contributed by atoms with Gasteiger partial charge in [0.2, 0.25) is 10.0 Å². The van der Waals surface area contributed by atoms with Crippen LogP contribution in [0.1, 0.15) is 18.9 Å². The van der Waals surface area contributed by atoms with Gasteiger partial charge in [0.25, 0.3) is 0 Å². The number of fused-ring (bicyclic) bond motifs is 1. The minimum absolute atomic E-state index is 0.0637. The molecule has 0 spiro atoms. The maximum absolute atomic E-state index is 12.5. The molecule has 21 heavy (non-hydrogen) atoms. The van der Waals surface area contributed by atoms with Crippen LogP contribution in [0.15, 0.2) is 29.2 Å². The lowest BCUT2D eigenvalue weighted by Gasteiger charge is -2.15. The zero-order valence-corrected chi connectivity index (χ0v) is 13.4. The predicted molar refractivity (Wildman–Crippen MR) is 83.0 cm³/mol. The average Bonchev–Trinajstić information content (AvgIpc) is 2.45. The number of nitrogens with one attached hydrogen (secondary N) is 1. The molecule has 1 heterocycles. The van der Waals surface area contributed by atoms with Gasteiger partial charge in [0.05, 0.1) is 12.1 Å². The molecule has 1 atom stereocenters. The van der Waals surface area contributed by atoms with Gasteiger partial charge in [-0.15, -0.1) is 0 Å². The molecule has 1 aromatic heterocycles. The maximum atomic E-state index is 12.5. The number of hydrogen-bond acceptors (Lipinski definition) is 4. The zero-order valence-electron chi connectivity index (χ0n) is 11.8. The molecule has 0 fully saturated rings. The number of sulfonamides is 1. The summed E-state index contributed by atoms with van der Waals surface area (Å²) in [5.74, 6) is 0. The third kappa shape index (κ3) is 3.35. The van der Waals surface area contributed by atoms with E-state index in [1.807, 2.05) is 6.92 Å². The third-order valence-electron chi connectivity index (χ3n) is 3.26. The van der Waals surface area contributed by atoms with Crippen molar-refractivity contribution >= 4 is 32.5 Å². The summed E-state index contributed by atoms with van der Waals surface area (Å²) in [5, 5.41) is 10.1. The molecule has 2 N–H and O–H groups in total. The summed E-state index contributed by atoms with van der Waals surface area (Å²) in [6.07, 6.45) is 0.494. The van der Waals surface area contributed by atoms with E-state index >= 15 is 0 Å². The van der Waals surface area contributed by atoms with E-state index in [4.69, 9.17) is 16.7 Å². The van der Waals surface area contributed by atoms with E-state index < -0.39 is 16.1 Å². The smallest absolute Gasteiger partial charge is 0.243 e. The van der Waals surface area contributed by atoms with Gasteiger partial charge in [-0.25, -0.2) is 18.1 Å². The molecule has 0 radical (unpaired) electrons. The average molecular weight is 329 g/mol. The fourth-order valence-corrected chi connectivity index (χ4v) is 3.63. The molecule has 0 aliphatic rings. The highest BCUT2D eigenvalue weighted by molar-refractivity contribution is 7.89. The quantitative estimate of drug-likeness (QED) is 0.825. The Morgan fingerprint density at radius 3 is 2.76 bits per heavy atom. The highest BCUT2D eigenvalue weighted by Crippen LogP contribution is 2.25. The Balaban J connectivity index is 2.58. The van der Waals surface area contributed by atoms with E-state index in [9.17, 15) is 8.42 Å². The Hall–Kier alpha value is -1.21. The maximum Gasteiger partial charge on any atom is 0.243 e. The van der Waals surface area contributed by atoms with Crippen LogP contribution in [0, 0.1) is 6.92 Å². The number of nitrogens with zero attached hydrogens (tertiary/aromatic N) is 1. The van der Waals surface area contributed by atoms with Gasteiger partial charge in [-0.1, -0.05) is 30.7 Å². The summed E-state index contributed by atoms with van der Waals surface area (Å²) < 4.78 is 27.4. The monoisotopic (exact) mass is 328 g/mol. The van der Waals surface area contributed by atoms with E-state index in [1.165, 1.54) is 6.07 Å². The molecular formula is C14H17ClN2O3S. The number of para-hydroxylation sites is 1. The van der Waals surface area contributed by atoms with Gasteiger partial charge in [0.1, 0.15) is 10.0 Å². The summed E-state index contributed by atoms with van der Waals surface area (Å²) in [6, 6.07) is 6.20. The first-order valence-electron chi connectivity index (χ1n) is 6.58. The van der Waals surface area contributed by atoms with Crippen LogP contribution >= 0.6 is 11.6 Å². The van der Waals surface area contributed by atoms with E-state index in [0.717, 1.165) is 5.56 Å². The number of pyridine rings is 1. The molecule has 0 aliphatic carbocycles. The molecule has 0 bridgehead atoms. The molecule has 0 saturated carbocycles. The van der Waals surface area contributed by atoms with Crippen molar-refractivity contribution in [3.05, 3.63) is 35.0 Å². The molecule has 2 rings (SSSR count). The van der Waals surface area contributed by atoms with Crippen molar-refractivity contribution in [1.82, 2.24) is 9.71 Å². The highest BCUT2D eigenvalue weighted by atomic mass is 35.5. The van der Waals surface area contributed by atoms with Crippen LogP contribution in [0.5, 0.6) is 0 Å². The van der Waals surface area contributed by atoms with Crippen molar-refractivity contribution < 1.29 is 13.5 Å². The van der Waals surface area contributed by atoms with Crippen molar-refractivity contribution in [2.45, 2.75) is 31.2 Å². The molecule has 7 heteroatoms. The second-order valence-corrected chi connectivity index (χ2v) is 6.87. The van der Waals surface area contributed by atoms with E-state index in [0.29, 0.717) is 17.3 Å². The standard InChI is InChI=1S/C14H17ClN2O3S/c1-3-11(8-18)17-21(19,20)12-6-4-5-10-7-9(2)14(15)16-13(10)12/h4-7,11,17-18H,3,8H2,1-2H3/t11-/m0/s1. The summed E-state index contributed by atoms with van der Waals surface area (Å²) in [5.41, 5.74) is 1.11. The summed E-state index contributed by atoms with van der Waals surface area (Å²) >= 11 is 6.00. The lowest BCUT2D eigenvalue weighted by Crippen LogP contribution is -2.37. The Kier molecular flexibility index (Phi) is 4.83. The Morgan fingerprint density at radius 2 is 2.14 bits per heavy atom. The lowest BCUT2D eigenvalue weighted by atomic mass is 10.2. The van der Waals surface area contributed by atoms with Crippen LogP contribution in [-0.4, -0.2) is 31.2 Å². The minimum Gasteiger partial charge on any atom is -0.395 e. The van der Waals surface area contributed by atoms with Crippen LogP contribution in [0.25, 0.3) is 10.9 Å². The van der Waals surface area contributed by atoms with Crippen LogP contribution in [0.4, 0.5) is 0 Å². The SMILES string of the molecule is CC[C@@H](CO)NS(=O)(=O)c1cccc2cc(C)c(Cl)nc12. The fourth-order valence-electron chi connectivity index (χ4n) is 2.00. The zero-order chi connectivity index (χ0) is 15.6. The number of hydrogen-bond donors (Lipinski definition) is 2. The Labute approximate surface area is 129 Å². The van der Waals surface area contributed by atoms with Gasteiger partial charge < -0.3 is 5.11 Å². The Morgan fingerprint density at radius 1 is 1.43 bits per heavy atom. The normalized spacial score (nSPS) is 13.5. The number of aliphatic hydroxyl groups excluding tert-OH is 1. The number of benzene rings is 1. The molecule has 0 aliphatic heterocycles. The minimum atomic E-state index is -3.77. The van der Waals surface area contributed by atoms with Crippen molar-refractivity contribution in [3.63, 3.8) is 0 Å². The second-order valence-electron chi connectivity index (χ2n) is 4.83. The van der Waals surface area contributed by atoms with Gasteiger partial charge in [-0.3, -0.25) is 0 Å². The molecule has 0 amide bonds. The molecule has 5 nitrogen and oxygen atoms in total. The summed E-state index contributed by atoms with van der Waals surface area (Å²) in [7, 11) is -3.77. The number of aromatic nitrogens is 1. The van der Waals surface area contributed by atoms with Gasteiger partial charge in [0.15, 0.2) is 0 Å². The van der Waals surface area contributed by atoms with Crippen LogP contribution in [0.3, 0.4) is 0 Å². The highest BCUT2D eigenvalue weighted by Gasteiger charge is 2.22. The van der Waals surface area contributed by atoms with Gasteiger partial charge in [-0.05, 0) is 31.0 Å². The van der Waals surface area contributed by atoms with Crippen LogP contribution in [0.2, 0.25) is 5.15 Å². The number of aryl methyl sites for hydroxylation is 1. The van der Waals surface area contributed by atoms with Crippen molar-refractivity contribution in [1.29, 1.82) is 0 Å². The third-order valence-corrected chi connectivity index (χ3v) is 5.20. The molecule has 2 aromatic rings. The Bertz CT molecular complexity index is 758. The predicted octanol–water partition coefficient (Wildman–Crippen LogP) is 2.25. The fraction of sp³-hybridized carbons (Fsp3) is 0.357. The van der Waals surface area contributed by atoms with Gasteiger partial charge in [-0.2, -0.15) is 0 Å². The molecule has 0 saturated heterocycles. The van der Waals surface area contributed by atoms with Crippen LogP contribution in [-0.2, 0) is 10.0 Å². The number of aliphatic hydroxyl groups is 1. The van der Waals surface area contributed by atoms with Crippen LogP contribution < -0.4 is 4.72 Å². The number of halogens is 1. The van der Waals surface area contributed by atoms with Gasteiger partial charge >= 0.3 is 0 Å². The van der Waals surface area contributed by atoms with Crippen molar-refractivity contribution in [3.8, 4) is 0 Å². The summed E-state index contributed by atoms with van der Waals surface area (Å²) in [6.45, 7) is 3.35. The second kappa shape index (κ2) is 6.27. The first-order chi connectivity index (χ1) is 9.89. The largest absolute Gasteiger partial charge is 0.395 e. The molecule has 1 aromatic carbocycles. The first-order valence-corrected chi connectivity index (χ1v) is 8.44. The van der Waals surface area contributed by atoms with E-state index in [-0.39, 0.29) is 16.7 Å². The lowest BCUT2D eigenvalue weighted by molar-refractivity contribution is 0.254. The number of rotatable bonds is 5. The summed E-state index contributed by atoms with van der Waals surface area (Å²) in [4.78, 5) is 4.25. The molecule has 114 valence electrons. The van der Waals surface area contributed by atoms with E-state index in [2.05, 4.69) is 9.71 Å². The van der Waals surface area contributed by atoms with Crippen molar-refractivity contribution in [2.24, 2.45) is 0 Å². The van der Waals surface area contributed by atoms with Crippen molar-refractivity contribution in [2.75, 3.05) is 6.61 Å².